The van der Waals surface area contributed by atoms with E-state index in [1.54, 1.807) is 30.3 Å². The lowest BCUT2D eigenvalue weighted by Gasteiger charge is -2.09. The summed E-state index contributed by atoms with van der Waals surface area (Å²) in [6.45, 7) is 3.96. The van der Waals surface area contributed by atoms with Gasteiger partial charge in [-0.05, 0) is 32.0 Å². The normalized spacial score (nSPS) is 11.6. The molecular formula is C23H22N4O3S2. The Kier molecular flexibility index (Phi) is 6.31. The molecule has 0 aliphatic carbocycles. The highest BCUT2D eigenvalue weighted by Crippen LogP contribution is 2.33. The summed E-state index contributed by atoms with van der Waals surface area (Å²) in [6.07, 6.45) is 0. The molecule has 0 saturated heterocycles. The van der Waals surface area contributed by atoms with Crippen LogP contribution in [0.1, 0.15) is 11.3 Å². The van der Waals surface area contributed by atoms with Crippen LogP contribution in [0.4, 0.5) is 0 Å². The van der Waals surface area contributed by atoms with Crippen molar-refractivity contribution in [2.45, 2.75) is 25.3 Å². The fraction of sp³-hybridized carbons (Fsp3) is 0.174. The van der Waals surface area contributed by atoms with Crippen molar-refractivity contribution in [3.05, 3.63) is 88.3 Å². The topological polar surface area (TPSA) is 93.9 Å². The maximum absolute atomic E-state index is 12.5. The van der Waals surface area contributed by atoms with E-state index >= 15 is 0 Å². The van der Waals surface area contributed by atoms with Crippen LogP contribution in [0.3, 0.4) is 0 Å². The number of sulfonamides is 1. The molecule has 0 fully saturated rings. The van der Waals surface area contributed by atoms with E-state index < -0.39 is 10.0 Å². The van der Waals surface area contributed by atoms with Crippen molar-refractivity contribution in [1.82, 2.24) is 19.5 Å². The fourth-order valence-corrected chi connectivity index (χ4v) is 5.21. The lowest BCUT2D eigenvalue weighted by molar-refractivity contribution is 0.549. The van der Waals surface area contributed by atoms with Gasteiger partial charge in [0.25, 0.3) is 5.56 Å². The van der Waals surface area contributed by atoms with E-state index in [-0.39, 0.29) is 23.5 Å². The van der Waals surface area contributed by atoms with E-state index in [1.807, 2.05) is 44.2 Å². The van der Waals surface area contributed by atoms with Crippen molar-refractivity contribution in [1.29, 1.82) is 0 Å². The summed E-state index contributed by atoms with van der Waals surface area (Å²) < 4.78 is 28.7. The molecule has 9 heteroatoms. The van der Waals surface area contributed by atoms with E-state index in [0.717, 1.165) is 26.7 Å². The van der Waals surface area contributed by atoms with Gasteiger partial charge >= 0.3 is 0 Å². The Morgan fingerprint density at radius 1 is 0.969 bits per heavy atom. The summed E-state index contributed by atoms with van der Waals surface area (Å²) in [5.41, 5.74) is 3.15. The van der Waals surface area contributed by atoms with Gasteiger partial charge in [0, 0.05) is 18.2 Å². The zero-order chi connectivity index (χ0) is 22.7. The molecule has 4 rings (SSSR count). The van der Waals surface area contributed by atoms with Gasteiger partial charge in [-0.2, -0.15) is 5.10 Å². The Morgan fingerprint density at radius 2 is 1.69 bits per heavy atom. The molecule has 2 aromatic carbocycles. The number of nitrogens with zero attached hydrogens (tertiary/aromatic N) is 3. The summed E-state index contributed by atoms with van der Waals surface area (Å²) in [4.78, 5) is 18.0. The first kappa shape index (κ1) is 22.1. The van der Waals surface area contributed by atoms with Crippen LogP contribution in [-0.4, -0.2) is 29.7 Å². The van der Waals surface area contributed by atoms with E-state index in [0.29, 0.717) is 5.69 Å². The molecule has 0 saturated carbocycles. The van der Waals surface area contributed by atoms with Gasteiger partial charge in [-0.15, -0.1) is 11.3 Å². The first-order chi connectivity index (χ1) is 15.3. The average Bonchev–Trinajstić information content (AvgIpc) is 3.17. The molecule has 0 radical (unpaired) electrons. The first-order valence-corrected chi connectivity index (χ1v) is 12.3. The predicted octanol–water partition coefficient (Wildman–Crippen LogP) is 3.63. The van der Waals surface area contributed by atoms with E-state index in [1.165, 1.54) is 22.1 Å². The molecule has 0 aliphatic rings. The maximum Gasteiger partial charge on any atom is 0.266 e. The van der Waals surface area contributed by atoms with Crippen molar-refractivity contribution in [3.8, 4) is 21.1 Å². The summed E-state index contributed by atoms with van der Waals surface area (Å²) in [6, 6.07) is 19.6. The zero-order valence-electron chi connectivity index (χ0n) is 17.6. The van der Waals surface area contributed by atoms with Crippen LogP contribution >= 0.6 is 11.3 Å². The molecule has 0 bridgehead atoms. The molecule has 0 aliphatic heterocycles. The van der Waals surface area contributed by atoms with Gasteiger partial charge in [0.1, 0.15) is 10.7 Å². The Hall–Kier alpha value is -3.14. The highest BCUT2D eigenvalue weighted by atomic mass is 32.2. The minimum absolute atomic E-state index is 0.0451. The van der Waals surface area contributed by atoms with Crippen molar-refractivity contribution in [2.24, 2.45) is 0 Å². The summed E-state index contributed by atoms with van der Waals surface area (Å²) in [5.74, 6) is 0. The van der Waals surface area contributed by atoms with Crippen molar-refractivity contribution >= 4 is 21.4 Å². The zero-order valence-corrected chi connectivity index (χ0v) is 19.3. The molecule has 4 aromatic rings. The second-order valence-corrected chi connectivity index (χ2v) is 10.1. The molecule has 2 aromatic heterocycles. The summed E-state index contributed by atoms with van der Waals surface area (Å²) in [7, 11) is -3.66. The highest BCUT2D eigenvalue weighted by Gasteiger charge is 2.15. The Labute approximate surface area is 190 Å². The number of thiazole rings is 1. The molecule has 164 valence electrons. The number of nitrogens with one attached hydrogen (secondary N) is 1. The quantitative estimate of drug-likeness (QED) is 0.449. The molecule has 0 unspecified atom stereocenters. The average molecular weight is 467 g/mol. The Bertz CT molecular complexity index is 1390. The van der Waals surface area contributed by atoms with Crippen LogP contribution in [0.5, 0.6) is 0 Å². The second-order valence-electron chi connectivity index (χ2n) is 7.29. The van der Waals surface area contributed by atoms with Crippen LogP contribution in [0, 0.1) is 13.8 Å². The van der Waals surface area contributed by atoms with Crippen molar-refractivity contribution < 1.29 is 8.42 Å². The lowest BCUT2D eigenvalue weighted by Crippen LogP contribution is -2.32. The monoisotopic (exact) mass is 466 g/mol. The van der Waals surface area contributed by atoms with Gasteiger partial charge in [0.05, 0.1) is 22.0 Å². The predicted molar refractivity (Wildman–Crippen MR) is 126 cm³/mol. The standard InChI is InChI=1S/C23H22N4O3S2/c1-16-8-10-19(11-9-16)32(29,30)24-14-15-27-21(28)13-12-20(26-27)22-17(2)25-23(31-22)18-6-4-3-5-7-18/h3-13,24H,14-15H2,1-2H3. The first-order valence-electron chi connectivity index (χ1n) is 10.0. The van der Waals surface area contributed by atoms with Crippen LogP contribution in [0.25, 0.3) is 21.1 Å². The smallest absolute Gasteiger partial charge is 0.266 e. The molecule has 0 amide bonds. The largest absolute Gasteiger partial charge is 0.268 e. The van der Waals surface area contributed by atoms with Crippen LogP contribution in [-0.2, 0) is 16.6 Å². The number of hydrogen-bond donors (Lipinski definition) is 1. The van der Waals surface area contributed by atoms with Crippen LogP contribution in [0.15, 0.2) is 76.4 Å². The van der Waals surface area contributed by atoms with Gasteiger partial charge in [0.2, 0.25) is 10.0 Å². The van der Waals surface area contributed by atoms with Crippen molar-refractivity contribution in [2.75, 3.05) is 6.54 Å². The SMILES string of the molecule is Cc1ccc(S(=O)(=O)NCCn2nc(-c3sc(-c4ccccc4)nc3C)ccc2=O)cc1. The fourth-order valence-electron chi connectivity index (χ4n) is 3.16. The molecular weight excluding hydrogens is 444 g/mol. The molecule has 7 nitrogen and oxygen atoms in total. The van der Waals surface area contributed by atoms with Gasteiger partial charge in [-0.1, -0.05) is 48.0 Å². The van der Waals surface area contributed by atoms with Gasteiger partial charge in [-0.3, -0.25) is 4.79 Å². The van der Waals surface area contributed by atoms with Crippen LogP contribution < -0.4 is 10.3 Å². The minimum atomic E-state index is -3.66. The Balaban J connectivity index is 1.52. The summed E-state index contributed by atoms with van der Waals surface area (Å²) in [5, 5.41) is 5.33. The number of hydrogen-bond acceptors (Lipinski definition) is 6. The lowest BCUT2D eigenvalue weighted by atomic mass is 10.2. The minimum Gasteiger partial charge on any atom is -0.268 e. The molecule has 1 N–H and O–H groups in total. The highest BCUT2D eigenvalue weighted by molar-refractivity contribution is 7.89. The number of aryl methyl sites for hydroxylation is 2. The number of rotatable bonds is 7. The van der Waals surface area contributed by atoms with E-state index in [2.05, 4.69) is 14.8 Å². The van der Waals surface area contributed by atoms with Crippen LogP contribution in [0.2, 0.25) is 0 Å². The third kappa shape index (κ3) is 4.85. The van der Waals surface area contributed by atoms with E-state index in [9.17, 15) is 13.2 Å². The van der Waals surface area contributed by atoms with Gasteiger partial charge < -0.3 is 0 Å². The number of benzene rings is 2. The van der Waals surface area contributed by atoms with Gasteiger partial charge in [0.15, 0.2) is 0 Å². The molecule has 2 heterocycles. The van der Waals surface area contributed by atoms with Crippen molar-refractivity contribution in [3.63, 3.8) is 0 Å². The Morgan fingerprint density at radius 3 is 2.41 bits per heavy atom. The third-order valence-electron chi connectivity index (χ3n) is 4.86. The third-order valence-corrected chi connectivity index (χ3v) is 7.57. The van der Waals surface area contributed by atoms with E-state index in [4.69, 9.17) is 0 Å². The molecule has 32 heavy (non-hydrogen) atoms. The van der Waals surface area contributed by atoms with Gasteiger partial charge in [-0.25, -0.2) is 22.8 Å². The molecule has 0 atom stereocenters. The maximum atomic E-state index is 12.5. The second kappa shape index (κ2) is 9.15. The summed E-state index contributed by atoms with van der Waals surface area (Å²) >= 11 is 1.51. The number of aromatic nitrogens is 3. The molecule has 0 spiro atoms.